The van der Waals surface area contributed by atoms with Crippen LogP contribution >= 0.6 is 11.8 Å². The zero-order valence-electron chi connectivity index (χ0n) is 13.6. The number of carbonyl (C=O) groups is 2. The van der Waals surface area contributed by atoms with Gasteiger partial charge < -0.3 is 10.6 Å². The van der Waals surface area contributed by atoms with Crippen molar-refractivity contribution in [1.82, 2.24) is 5.32 Å². The molecule has 0 unspecified atom stereocenters. The van der Waals surface area contributed by atoms with E-state index >= 15 is 0 Å². The van der Waals surface area contributed by atoms with E-state index in [1.165, 1.54) is 25.1 Å². The van der Waals surface area contributed by atoms with Crippen molar-refractivity contribution in [3.8, 4) is 0 Å². The van der Waals surface area contributed by atoms with Gasteiger partial charge in [0.05, 0.1) is 16.2 Å². The average Bonchev–Trinajstić information content (AvgIpc) is 2.44. The largest absolute Gasteiger partial charge is 0.347 e. The van der Waals surface area contributed by atoms with E-state index in [2.05, 4.69) is 31.4 Å². The summed E-state index contributed by atoms with van der Waals surface area (Å²) < 4.78 is 0.0903. The summed E-state index contributed by atoms with van der Waals surface area (Å²) in [6, 6.07) is 4.32. The van der Waals surface area contributed by atoms with E-state index in [-0.39, 0.29) is 16.1 Å². The number of anilines is 1. The number of benzene rings is 1. The molecule has 0 aromatic heterocycles. The minimum atomic E-state index is -0.839. The van der Waals surface area contributed by atoms with Crippen molar-refractivity contribution < 1.29 is 14.5 Å². The van der Waals surface area contributed by atoms with Crippen LogP contribution in [0.15, 0.2) is 18.2 Å². The molecule has 1 rings (SSSR count). The Bertz CT molecular complexity index is 611. The smallest absolute Gasteiger partial charge is 0.313 e. The molecule has 1 aromatic rings. The molecule has 126 valence electrons. The van der Waals surface area contributed by atoms with E-state index in [1.807, 2.05) is 0 Å². The Morgan fingerprint density at radius 2 is 1.91 bits per heavy atom. The maximum atomic E-state index is 11.8. The van der Waals surface area contributed by atoms with Gasteiger partial charge >= 0.3 is 11.8 Å². The molecule has 1 aromatic carbocycles. The summed E-state index contributed by atoms with van der Waals surface area (Å²) >= 11 is 1.68. The molecular weight excluding hydrogens is 318 g/mol. The van der Waals surface area contributed by atoms with Gasteiger partial charge in [-0.25, -0.2) is 0 Å². The maximum Gasteiger partial charge on any atom is 0.313 e. The molecule has 0 radical (unpaired) electrons. The predicted molar refractivity (Wildman–Crippen MR) is 91.7 cm³/mol. The van der Waals surface area contributed by atoms with Gasteiger partial charge in [-0.05, 0) is 13.0 Å². The van der Waals surface area contributed by atoms with E-state index in [9.17, 15) is 19.7 Å². The molecule has 0 aliphatic rings. The molecule has 0 saturated carbocycles. The summed E-state index contributed by atoms with van der Waals surface area (Å²) in [4.78, 5) is 33.9. The van der Waals surface area contributed by atoms with Crippen LogP contribution in [0.2, 0.25) is 0 Å². The lowest BCUT2D eigenvalue weighted by molar-refractivity contribution is -0.385. The van der Waals surface area contributed by atoms with Gasteiger partial charge in [0.15, 0.2) is 0 Å². The van der Waals surface area contributed by atoms with Gasteiger partial charge in [0.2, 0.25) is 0 Å². The lowest BCUT2D eigenvalue weighted by Gasteiger charge is -2.17. The molecule has 0 aliphatic heterocycles. The molecule has 0 saturated heterocycles. The van der Waals surface area contributed by atoms with Crippen molar-refractivity contribution in [2.24, 2.45) is 0 Å². The Morgan fingerprint density at radius 3 is 2.48 bits per heavy atom. The molecule has 0 atom stereocenters. The number of hydrogen-bond donors (Lipinski definition) is 2. The fourth-order valence-corrected chi connectivity index (χ4v) is 2.55. The summed E-state index contributed by atoms with van der Waals surface area (Å²) in [6.07, 6.45) is 0. The van der Waals surface area contributed by atoms with Gasteiger partial charge in [0.25, 0.3) is 5.69 Å². The first-order chi connectivity index (χ1) is 10.6. The lowest BCUT2D eigenvalue weighted by Crippen LogP contribution is -2.37. The third-order valence-electron chi connectivity index (χ3n) is 2.88. The highest BCUT2D eigenvalue weighted by Crippen LogP contribution is 2.25. The van der Waals surface area contributed by atoms with Crippen LogP contribution in [0.3, 0.4) is 0 Å². The molecule has 0 fully saturated rings. The van der Waals surface area contributed by atoms with Crippen LogP contribution in [0.25, 0.3) is 0 Å². The van der Waals surface area contributed by atoms with E-state index in [0.717, 1.165) is 0 Å². The first-order valence-electron chi connectivity index (χ1n) is 7.09. The summed E-state index contributed by atoms with van der Waals surface area (Å²) in [5.41, 5.74) is 0.454. The van der Waals surface area contributed by atoms with Crippen LogP contribution in [0, 0.1) is 17.0 Å². The topological polar surface area (TPSA) is 101 Å². The average molecular weight is 339 g/mol. The Morgan fingerprint density at radius 1 is 1.26 bits per heavy atom. The third-order valence-corrected chi connectivity index (χ3v) is 4.15. The minimum absolute atomic E-state index is 0.0903. The first kappa shape index (κ1) is 19.0. The van der Waals surface area contributed by atoms with Crippen molar-refractivity contribution in [1.29, 1.82) is 0 Å². The molecule has 2 N–H and O–H groups in total. The predicted octanol–water partition coefficient (Wildman–Crippen LogP) is 2.49. The molecule has 0 spiro atoms. The van der Waals surface area contributed by atoms with E-state index in [4.69, 9.17) is 0 Å². The molecule has 8 heteroatoms. The Labute approximate surface area is 139 Å². The van der Waals surface area contributed by atoms with Crippen molar-refractivity contribution in [2.45, 2.75) is 32.4 Å². The fraction of sp³-hybridized carbons (Fsp3) is 0.467. The van der Waals surface area contributed by atoms with Crippen LogP contribution in [0.1, 0.15) is 26.3 Å². The van der Waals surface area contributed by atoms with Gasteiger partial charge in [-0.2, -0.15) is 11.8 Å². The van der Waals surface area contributed by atoms with Crippen LogP contribution in [-0.2, 0) is 9.59 Å². The van der Waals surface area contributed by atoms with Crippen LogP contribution in [-0.4, -0.2) is 33.8 Å². The lowest BCUT2D eigenvalue weighted by atomic mass is 10.1. The van der Waals surface area contributed by atoms with E-state index in [0.29, 0.717) is 17.9 Å². The van der Waals surface area contributed by atoms with Crippen LogP contribution in [0.4, 0.5) is 11.4 Å². The highest BCUT2D eigenvalue weighted by atomic mass is 32.2. The molecule has 0 heterocycles. The highest BCUT2D eigenvalue weighted by Gasteiger charge is 2.18. The third kappa shape index (κ3) is 6.27. The second-order valence-electron chi connectivity index (χ2n) is 5.88. The Balaban J connectivity index is 2.58. The van der Waals surface area contributed by atoms with Crippen molar-refractivity contribution in [3.63, 3.8) is 0 Å². The fourth-order valence-electron chi connectivity index (χ4n) is 1.74. The summed E-state index contributed by atoms with van der Waals surface area (Å²) in [6.45, 7) is 8.10. The van der Waals surface area contributed by atoms with Gasteiger partial charge in [-0.1, -0.05) is 26.8 Å². The second-order valence-corrected chi connectivity index (χ2v) is 7.80. The number of hydrogen-bond acceptors (Lipinski definition) is 5. The maximum absolute atomic E-state index is 11.8. The number of nitrogens with one attached hydrogen (secondary N) is 2. The number of nitrogens with zero attached hydrogens (tertiary/aromatic N) is 1. The Hall–Kier alpha value is -2.09. The van der Waals surface area contributed by atoms with Crippen molar-refractivity contribution >= 4 is 35.0 Å². The summed E-state index contributed by atoms with van der Waals surface area (Å²) in [7, 11) is 0. The first-order valence-corrected chi connectivity index (χ1v) is 8.07. The number of amides is 2. The molecule has 2 amide bonds. The number of carbonyl (C=O) groups excluding carboxylic acids is 2. The van der Waals surface area contributed by atoms with Crippen LogP contribution < -0.4 is 10.6 Å². The van der Waals surface area contributed by atoms with Crippen LogP contribution in [0.5, 0.6) is 0 Å². The SMILES string of the molecule is Cc1c(NC(=O)C(=O)NCCSC(C)(C)C)cccc1[N+](=O)[O-]. The molecular formula is C15H21N3O4S. The van der Waals surface area contributed by atoms with Crippen molar-refractivity contribution in [2.75, 3.05) is 17.6 Å². The standard InChI is InChI=1S/C15H21N3O4S/c1-10-11(6-5-7-12(10)18(21)22)17-14(20)13(19)16-8-9-23-15(2,3)4/h5-7H,8-9H2,1-4H3,(H,16,19)(H,17,20). The van der Waals surface area contributed by atoms with Gasteiger partial charge in [-0.3, -0.25) is 19.7 Å². The number of nitro groups is 1. The summed E-state index contributed by atoms with van der Waals surface area (Å²) in [5.74, 6) is -0.905. The monoisotopic (exact) mass is 339 g/mol. The number of thioether (sulfide) groups is 1. The number of rotatable bonds is 5. The van der Waals surface area contributed by atoms with E-state index in [1.54, 1.807) is 11.8 Å². The van der Waals surface area contributed by atoms with Gasteiger partial charge in [0.1, 0.15) is 0 Å². The highest BCUT2D eigenvalue weighted by molar-refractivity contribution is 8.00. The zero-order chi connectivity index (χ0) is 17.6. The molecule has 7 nitrogen and oxygen atoms in total. The molecule has 0 aliphatic carbocycles. The van der Waals surface area contributed by atoms with Gasteiger partial charge in [0, 0.05) is 23.1 Å². The molecule has 0 bridgehead atoms. The zero-order valence-corrected chi connectivity index (χ0v) is 14.5. The quantitative estimate of drug-likeness (QED) is 0.371. The second kappa shape index (κ2) is 7.96. The summed E-state index contributed by atoms with van der Waals surface area (Å²) in [5, 5.41) is 15.8. The normalized spacial score (nSPS) is 11.0. The molecule has 23 heavy (non-hydrogen) atoms. The minimum Gasteiger partial charge on any atom is -0.347 e. The Kier molecular flexibility index (Phi) is 6.56. The van der Waals surface area contributed by atoms with Crippen molar-refractivity contribution in [3.05, 3.63) is 33.9 Å². The number of nitro benzene ring substituents is 1. The van der Waals surface area contributed by atoms with Gasteiger partial charge in [-0.15, -0.1) is 0 Å². The van der Waals surface area contributed by atoms with E-state index < -0.39 is 16.7 Å².